The van der Waals surface area contributed by atoms with Crippen LogP contribution >= 0.6 is 11.3 Å². The Balaban J connectivity index is 1.81. The lowest BCUT2D eigenvalue weighted by atomic mass is 10.1. The molecule has 5 nitrogen and oxygen atoms in total. The van der Waals surface area contributed by atoms with Crippen molar-refractivity contribution in [2.75, 3.05) is 0 Å². The SMILES string of the molecule is Cc1ccc(C)c(Oc2c(C(F)(F)F)oc3cc(OC(=O)c4cccs4)ccc3c2=O)c1. The van der Waals surface area contributed by atoms with Crippen LogP contribution in [0.3, 0.4) is 0 Å². The molecule has 32 heavy (non-hydrogen) atoms. The molecule has 4 rings (SSSR count). The van der Waals surface area contributed by atoms with E-state index in [0.29, 0.717) is 10.4 Å². The van der Waals surface area contributed by atoms with Gasteiger partial charge in [0.25, 0.3) is 5.76 Å². The van der Waals surface area contributed by atoms with Crippen molar-refractivity contribution in [3.63, 3.8) is 0 Å². The zero-order valence-electron chi connectivity index (χ0n) is 16.8. The lowest BCUT2D eigenvalue weighted by Crippen LogP contribution is -2.16. The van der Waals surface area contributed by atoms with Gasteiger partial charge in [-0.25, -0.2) is 4.79 Å². The van der Waals surface area contributed by atoms with Crippen molar-refractivity contribution in [1.82, 2.24) is 0 Å². The van der Waals surface area contributed by atoms with Crippen molar-refractivity contribution >= 4 is 28.3 Å². The highest BCUT2D eigenvalue weighted by atomic mass is 32.1. The fourth-order valence-corrected chi connectivity index (χ4v) is 3.58. The molecule has 4 aromatic rings. The average molecular weight is 460 g/mol. The summed E-state index contributed by atoms with van der Waals surface area (Å²) in [7, 11) is 0. The number of halogens is 3. The van der Waals surface area contributed by atoms with E-state index in [1.54, 1.807) is 43.5 Å². The number of carbonyl (C=O) groups excluding carboxylic acids is 1. The van der Waals surface area contributed by atoms with Crippen LogP contribution in [-0.2, 0) is 6.18 Å². The molecule has 2 aromatic heterocycles. The van der Waals surface area contributed by atoms with Crippen molar-refractivity contribution in [1.29, 1.82) is 0 Å². The minimum absolute atomic E-state index is 0.0598. The first-order valence-electron chi connectivity index (χ1n) is 9.32. The first kappa shape index (κ1) is 21.6. The molecule has 2 heterocycles. The van der Waals surface area contributed by atoms with Gasteiger partial charge in [-0.05, 0) is 54.6 Å². The summed E-state index contributed by atoms with van der Waals surface area (Å²) in [6.07, 6.45) is -5.00. The third kappa shape index (κ3) is 4.24. The molecular formula is C23H15F3O5S. The smallest absolute Gasteiger partial charge is 0.449 e. The van der Waals surface area contributed by atoms with E-state index in [9.17, 15) is 22.8 Å². The van der Waals surface area contributed by atoms with Gasteiger partial charge in [-0.2, -0.15) is 13.2 Å². The molecule has 0 radical (unpaired) electrons. The Kier molecular flexibility index (Phi) is 5.52. The van der Waals surface area contributed by atoms with Crippen molar-refractivity contribution in [2.45, 2.75) is 20.0 Å². The number of aryl methyl sites for hydroxylation is 2. The van der Waals surface area contributed by atoms with E-state index >= 15 is 0 Å². The molecule has 0 saturated heterocycles. The molecule has 0 aliphatic rings. The minimum atomic E-state index is -5.00. The van der Waals surface area contributed by atoms with Gasteiger partial charge in [-0.1, -0.05) is 18.2 Å². The Morgan fingerprint density at radius 2 is 1.84 bits per heavy atom. The van der Waals surface area contributed by atoms with Crippen LogP contribution in [0.1, 0.15) is 26.6 Å². The van der Waals surface area contributed by atoms with E-state index in [4.69, 9.17) is 13.9 Å². The third-order valence-electron chi connectivity index (χ3n) is 4.57. The zero-order chi connectivity index (χ0) is 23.0. The Bertz CT molecular complexity index is 1370. The Morgan fingerprint density at radius 3 is 2.53 bits per heavy atom. The molecule has 0 unspecified atom stereocenters. The molecule has 0 spiro atoms. The summed E-state index contributed by atoms with van der Waals surface area (Å²) in [5.41, 5.74) is -0.0664. The molecular weight excluding hydrogens is 445 g/mol. The number of hydrogen-bond donors (Lipinski definition) is 0. The van der Waals surface area contributed by atoms with E-state index < -0.39 is 29.1 Å². The number of carbonyl (C=O) groups is 1. The minimum Gasteiger partial charge on any atom is -0.449 e. The molecule has 0 aliphatic heterocycles. The van der Waals surface area contributed by atoms with Crippen molar-refractivity contribution < 1.29 is 31.9 Å². The molecule has 0 aliphatic carbocycles. The van der Waals surface area contributed by atoms with E-state index in [-0.39, 0.29) is 22.5 Å². The maximum absolute atomic E-state index is 13.7. The number of fused-ring (bicyclic) bond motifs is 1. The van der Waals surface area contributed by atoms with Crippen LogP contribution in [0.5, 0.6) is 17.2 Å². The fourth-order valence-electron chi connectivity index (χ4n) is 2.98. The summed E-state index contributed by atoms with van der Waals surface area (Å²) in [6, 6.07) is 11.8. The van der Waals surface area contributed by atoms with Gasteiger partial charge < -0.3 is 13.9 Å². The molecule has 2 aromatic carbocycles. The molecule has 0 saturated carbocycles. The van der Waals surface area contributed by atoms with Crippen LogP contribution in [0.15, 0.2) is 63.1 Å². The normalized spacial score (nSPS) is 11.5. The van der Waals surface area contributed by atoms with E-state index in [1.165, 1.54) is 18.2 Å². The van der Waals surface area contributed by atoms with E-state index in [2.05, 4.69) is 0 Å². The standard InChI is InChI=1S/C23H15F3O5S/c1-12-5-6-13(2)16(10-12)30-20-19(27)15-8-7-14(29-22(28)18-4-3-9-32-18)11-17(15)31-21(20)23(24,25)26/h3-11H,1-2H3. The lowest BCUT2D eigenvalue weighted by molar-refractivity contribution is -0.154. The number of benzene rings is 2. The van der Waals surface area contributed by atoms with E-state index in [1.807, 2.05) is 0 Å². The topological polar surface area (TPSA) is 65.7 Å². The predicted octanol–water partition coefficient (Wildman–Crippen LogP) is 6.50. The van der Waals surface area contributed by atoms with Crippen molar-refractivity contribution in [3.8, 4) is 17.2 Å². The summed E-state index contributed by atoms with van der Waals surface area (Å²) in [6.45, 7) is 3.40. The number of rotatable bonds is 4. The van der Waals surface area contributed by atoms with Gasteiger partial charge in [0.2, 0.25) is 11.2 Å². The Labute approximate surface area is 183 Å². The van der Waals surface area contributed by atoms with Gasteiger partial charge in [-0.15, -0.1) is 11.3 Å². The largest absolute Gasteiger partial charge is 0.453 e. The maximum atomic E-state index is 13.7. The molecule has 0 fully saturated rings. The van der Waals surface area contributed by atoms with Crippen LogP contribution in [-0.4, -0.2) is 5.97 Å². The first-order valence-corrected chi connectivity index (χ1v) is 10.2. The maximum Gasteiger partial charge on any atom is 0.453 e. The zero-order valence-corrected chi connectivity index (χ0v) is 17.6. The monoisotopic (exact) mass is 460 g/mol. The lowest BCUT2D eigenvalue weighted by Gasteiger charge is -2.15. The summed E-state index contributed by atoms with van der Waals surface area (Å²) >= 11 is 1.15. The second-order valence-corrected chi connectivity index (χ2v) is 7.93. The second-order valence-electron chi connectivity index (χ2n) is 6.98. The molecule has 0 amide bonds. The van der Waals surface area contributed by atoms with Gasteiger partial charge in [0, 0.05) is 6.07 Å². The average Bonchev–Trinajstić information content (AvgIpc) is 3.26. The van der Waals surface area contributed by atoms with Gasteiger partial charge >= 0.3 is 12.1 Å². The highest BCUT2D eigenvalue weighted by Crippen LogP contribution is 2.39. The number of esters is 1. The van der Waals surface area contributed by atoms with Gasteiger partial charge in [-0.3, -0.25) is 4.79 Å². The summed E-state index contributed by atoms with van der Waals surface area (Å²) < 4.78 is 56.9. The predicted molar refractivity (Wildman–Crippen MR) is 113 cm³/mol. The van der Waals surface area contributed by atoms with Crippen LogP contribution in [0.4, 0.5) is 13.2 Å². The number of ether oxygens (including phenoxy) is 2. The number of alkyl halides is 3. The first-order chi connectivity index (χ1) is 15.1. The van der Waals surface area contributed by atoms with Crippen molar-refractivity contribution in [3.05, 3.63) is 85.9 Å². The second kappa shape index (κ2) is 8.16. The Morgan fingerprint density at radius 1 is 1.06 bits per heavy atom. The summed E-state index contributed by atoms with van der Waals surface area (Å²) in [4.78, 5) is 25.4. The highest BCUT2D eigenvalue weighted by Gasteiger charge is 2.40. The van der Waals surface area contributed by atoms with Crippen LogP contribution < -0.4 is 14.9 Å². The van der Waals surface area contributed by atoms with Crippen LogP contribution in [0.25, 0.3) is 11.0 Å². The summed E-state index contributed by atoms with van der Waals surface area (Å²) in [5, 5.41) is 1.54. The Hall–Kier alpha value is -3.59. The molecule has 9 heteroatoms. The quantitative estimate of drug-likeness (QED) is 0.257. The van der Waals surface area contributed by atoms with Gasteiger partial charge in [0.05, 0.1) is 5.39 Å². The van der Waals surface area contributed by atoms with Crippen LogP contribution in [0.2, 0.25) is 0 Å². The van der Waals surface area contributed by atoms with E-state index in [0.717, 1.165) is 23.0 Å². The molecule has 0 atom stereocenters. The van der Waals surface area contributed by atoms with Crippen molar-refractivity contribution in [2.24, 2.45) is 0 Å². The third-order valence-corrected chi connectivity index (χ3v) is 5.42. The molecule has 0 bridgehead atoms. The van der Waals surface area contributed by atoms with Crippen LogP contribution in [0, 0.1) is 13.8 Å². The number of hydrogen-bond acceptors (Lipinski definition) is 6. The highest BCUT2D eigenvalue weighted by molar-refractivity contribution is 7.12. The molecule has 0 N–H and O–H groups in total. The van der Waals surface area contributed by atoms with Gasteiger partial charge in [0.15, 0.2) is 0 Å². The van der Waals surface area contributed by atoms with Gasteiger partial charge in [0.1, 0.15) is 22.0 Å². The fraction of sp³-hybridized carbons (Fsp3) is 0.130. The summed E-state index contributed by atoms with van der Waals surface area (Å²) in [5.74, 6) is -3.15. The molecule has 164 valence electrons. The number of thiophene rings is 1.